The van der Waals surface area contributed by atoms with Crippen LogP contribution >= 0.6 is 12.2 Å². The van der Waals surface area contributed by atoms with E-state index in [0.29, 0.717) is 16.2 Å². The molecule has 0 saturated heterocycles. The van der Waals surface area contributed by atoms with E-state index >= 15 is 0 Å². The third-order valence-electron chi connectivity index (χ3n) is 3.67. The van der Waals surface area contributed by atoms with Gasteiger partial charge in [0.2, 0.25) is 0 Å². The van der Waals surface area contributed by atoms with Crippen LogP contribution in [-0.4, -0.2) is 20.8 Å². The van der Waals surface area contributed by atoms with E-state index < -0.39 is 10.8 Å². The first-order valence-electron chi connectivity index (χ1n) is 6.82. The normalized spacial score (nSPS) is 15.7. The molecule has 0 aliphatic carbocycles. The fourth-order valence-corrected chi connectivity index (χ4v) is 2.64. The number of nitrogens with zero attached hydrogens (tertiary/aromatic N) is 2. The minimum Gasteiger partial charge on any atom is -0.349 e. The molecule has 2 N–H and O–H groups in total. The molecular weight excluding hydrogens is 316 g/mol. The Labute approximate surface area is 136 Å². The SMILES string of the molecule is CC1C(=S)Nc2cc([N+](=O)[O-])c(NC(=O)c3ccncc3)cc21. The number of nitrogens with one attached hydrogen (secondary N) is 2. The topological polar surface area (TPSA) is 97.2 Å². The van der Waals surface area contributed by atoms with Crippen LogP contribution in [0.1, 0.15) is 28.8 Å². The van der Waals surface area contributed by atoms with Crippen LogP contribution in [0.15, 0.2) is 36.7 Å². The zero-order valence-corrected chi connectivity index (χ0v) is 12.9. The second-order valence-electron chi connectivity index (χ2n) is 5.11. The number of aromatic nitrogens is 1. The van der Waals surface area contributed by atoms with Crippen molar-refractivity contribution in [3.05, 3.63) is 57.9 Å². The Morgan fingerprint density at radius 3 is 2.74 bits per heavy atom. The van der Waals surface area contributed by atoms with Crippen LogP contribution in [0.5, 0.6) is 0 Å². The van der Waals surface area contributed by atoms with Crippen LogP contribution in [0, 0.1) is 10.1 Å². The summed E-state index contributed by atoms with van der Waals surface area (Å²) < 4.78 is 0. The summed E-state index contributed by atoms with van der Waals surface area (Å²) in [7, 11) is 0. The molecule has 0 spiro atoms. The summed E-state index contributed by atoms with van der Waals surface area (Å²) in [6, 6.07) is 6.07. The maximum Gasteiger partial charge on any atom is 0.294 e. The van der Waals surface area contributed by atoms with E-state index in [1.165, 1.54) is 30.6 Å². The first-order valence-corrected chi connectivity index (χ1v) is 7.23. The lowest BCUT2D eigenvalue weighted by Gasteiger charge is -2.09. The fraction of sp³-hybridized carbons (Fsp3) is 0.133. The van der Waals surface area contributed by atoms with Crippen molar-refractivity contribution < 1.29 is 9.72 Å². The molecule has 0 bridgehead atoms. The average molecular weight is 328 g/mol. The number of pyridine rings is 1. The van der Waals surface area contributed by atoms with Gasteiger partial charge in [0, 0.05) is 35.6 Å². The van der Waals surface area contributed by atoms with E-state index in [-0.39, 0.29) is 17.3 Å². The molecule has 0 radical (unpaired) electrons. The first kappa shape index (κ1) is 15.0. The van der Waals surface area contributed by atoms with Crippen molar-refractivity contribution in [2.75, 3.05) is 10.6 Å². The average Bonchev–Trinajstić information content (AvgIpc) is 2.82. The number of rotatable bonds is 3. The highest BCUT2D eigenvalue weighted by molar-refractivity contribution is 7.80. The number of fused-ring (bicyclic) bond motifs is 1. The van der Waals surface area contributed by atoms with Gasteiger partial charge in [-0.25, -0.2) is 0 Å². The number of anilines is 2. The van der Waals surface area contributed by atoms with Crippen molar-refractivity contribution in [1.82, 2.24) is 4.98 Å². The van der Waals surface area contributed by atoms with Crippen LogP contribution in [0.2, 0.25) is 0 Å². The molecule has 1 unspecified atom stereocenters. The van der Waals surface area contributed by atoms with Gasteiger partial charge in [0.15, 0.2) is 0 Å². The van der Waals surface area contributed by atoms with E-state index in [1.54, 1.807) is 6.07 Å². The summed E-state index contributed by atoms with van der Waals surface area (Å²) >= 11 is 5.19. The molecule has 23 heavy (non-hydrogen) atoms. The van der Waals surface area contributed by atoms with Crippen LogP contribution in [0.25, 0.3) is 0 Å². The number of carbonyl (C=O) groups excluding carboxylic acids is 1. The molecule has 0 fully saturated rings. The monoisotopic (exact) mass is 328 g/mol. The van der Waals surface area contributed by atoms with E-state index in [1.807, 2.05) is 6.92 Å². The van der Waals surface area contributed by atoms with Crippen LogP contribution in [0.4, 0.5) is 17.1 Å². The molecule has 116 valence electrons. The molecular formula is C15H12N4O3S. The Bertz CT molecular complexity index is 823. The largest absolute Gasteiger partial charge is 0.349 e. The highest BCUT2D eigenvalue weighted by Gasteiger charge is 2.28. The molecule has 2 aromatic rings. The second-order valence-corrected chi connectivity index (χ2v) is 5.55. The summed E-state index contributed by atoms with van der Waals surface area (Å²) in [6.07, 6.45) is 2.97. The van der Waals surface area contributed by atoms with E-state index in [0.717, 1.165) is 5.56 Å². The highest BCUT2D eigenvalue weighted by Crippen LogP contribution is 2.40. The van der Waals surface area contributed by atoms with Gasteiger partial charge in [-0.05, 0) is 23.8 Å². The molecule has 8 heteroatoms. The smallest absolute Gasteiger partial charge is 0.294 e. The number of amides is 1. The van der Waals surface area contributed by atoms with Gasteiger partial charge in [-0.15, -0.1) is 0 Å². The Morgan fingerprint density at radius 2 is 2.09 bits per heavy atom. The lowest BCUT2D eigenvalue weighted by atomic mass is 10.0. The molecule has 1 aromatic carbocycles. The number of carbonyl (C=O) groups is 1. The van der Waals surface area contributed by atoms with Crippen LogP contribution in [-0.2, 0) is 0 Å². The quantitative estimate of drug-likeness (QED) is 0.510. The summed E-state index contributed by atoms with van der Waals surface area (Å²) in [5.41, 5.74) is 1.77. The molecule has 2 heterocycles. The van der Waals surface area contributed by atoms with Gasteiger partial charge >= 0.3 is 0 Å². The van der Waals surface area contributed by atoms with E-state index in [2.05, 4.69) is 15.6 Å². The molecule has 1 amide bonds. The minimum absolute atomic E-state index is 0.0580. The minimum atomic E-state index is -0.532. The number of nitro benzene ring substituents is 1. The number of hydrogen-bond donors (Lipinski definition) is 2. The first-order chi connectivity index (χ1) is 11.0. The standard InChI is InChI=1S/C15H12N4O3S/c1-8-10-6-12(17-14(20)9-2-4-16-5-3-9)13(19(21)22)7-11(10)18-15(8)23/h2-8H,1H3,(H,17,20)(H,18,23). The van der Waals surface area contributed by atoms with Crippen molar-refractivity contribution in [3.8, 4) is 0 Å². The van der Waals surface area contributed by atoms with Gasteiger partial charge < -0.3 is 10.6 Å². The van der Waals surface area contributed by atoms with Crippen molar-refractivity contribution in [3.63, 3.8) is 0 Å². The summed E-state index contributed by atoms with van der Waals surface area (Å²) in [5.74, 6) is -0.492. The lowest BCUT2D eigenvalue weighted by molar-refractivity contribution is -0.383. The number of hydrogen-bond acceptors (Lipinski definition) is 5. The third kappa shape index (κ3) is 2.76. The number of nitro groups is 1. The summed E-state index contributed by atoms with van der Waals surface area (Å²) in [4.78, 5) is 27.4. The van der Waals surface area contributed by atoms with Gasteiger partial charge in [-0.2, -0.15) is 0 Å². The molecule has 0 saturated carbocycles. The van der Waals surface area contributed by atoms with Gasteiger partial charge in [-0.1, -0.05) is 19.1 Å². The Morgan fingerprint density at radius 1 is 1.39 bits per heavy atom. The number of thiocarbonyl (C=S) groups is 1. The fourth-order valence-electron chi connectivity index (χ4n) is 2.40. The van der Waals surface area contributed by atoms with Gasteiger partial charge in [0.25, 0.3) is 11.6 Å². The second kappa shape index (κ2) is 5.73. The Balaban J connectivity index is 2.00. The molecule has 1 aromatic heterocycles. The molecule has 1 atom stereocenters. The lowest BCUT2D eigenvalue weighted by Crippen LogP contribution is -2.13. The Kier molecular flexibility index (Phi) is 3.75. The van der Waals surface area contributed by atoms with Crippen molar-refractivity contribution >= 4 is 40.2 Å². The predicted molar refractivity (Wildman–Crippen MR) is 89.9 cm³/mol. The maximum absolute atomic E-state index is 12.2. The van der Waals surface area contributed by atoms with Crippen molar-refractivity contribution in [2.45, 2.75) is 12.8 Å². The van der Waals surface area contributed by atoms with Gasteiger partial charge in [0.1, 0.15) is 5.69 Å². The molecule has 7 nitrogen and oxygen atoms in total. The molecule has 3 rings (SSSR count). The summed E-state index contributed by atoms with van der Waals surface area (Å²) in [6.45, 7) is 1.90. The molecule has 1 aliphatic heterocycles. The Hall–Kier alpha value is -2.87. The highest BCUT2D eigenvalue weighted by atomic mass is 32.1. The third-order valence-corrected chi connectivity index (χ3v) is 4.13. The van der Waals surface area contributed by atoms with E-state index in [9.17, 15) is 14.9 Å². The summed E-state index contributed by atoms with van der Waals surface area (Å²) in [5, 5.41) is 16.8. The van der Waals surface area contributed by atoms with Crippen LogP contribution < -0.4 is 10.6 Å². The number of benzene rings is 1. The zero-order valence-electron chi connectivity index (χ0n) is 12.1. The van der Waals surface area contributed by atoms with Crippen LogP contribution in [0.3, 0.4) is 0 Å². The molecule has 1 aliphatic rings. The van der Waals surface area contributed by atoms with Crippen molar-refractivity contribution in [2.24, 2.45) is 0 Å². The maximum atomic E-state index is 12.2. The van der Waals surface area contributed by atoms with Gasteiger partial charge in [-0.3, -0.25) is 19.9 Å². The van der Waals surface area contributed by atoms with Crippen molar-refractivity contribution in [1.29, 1.82) is 0 Å². The van der Waals surface area contributed by atoms with E-state index in [4.69, 9.17) is 12.2 Å². The van der Waals surface area contributed by atoms with Gasteiger partial charge in [0.05, 0.1) is 9.91 Å². The predicted octanol–water partition coefficient (Wildman–Crippen LogP) is 3.10. The zero-order chi connectivity index (χ0) is 16.6.